The smallest absolute Gasteiger partial charge is 0.411 e. The zero-order valence-corrected chi connectivity index (χ0v) is 15.3. The topological polar surface area (TPSA) is 73.6 Å². The molecular formula is C17H21F3N2O3S. The Labute approximate surface area is 154 Å². The number of halogens is 3. The number of phenols is 1. The number of phenolic OH excluding ortho intramolecular Hbond substituents is 1. The Hall–Kier alpha value is -1.74. The summed E-state index contributed by atoms with van der Waals surface area (Å²) in [6.45, 7) is 2.13. The van der Waals surface area contributed by atoms with E-state index in [0.717, 1.165) is 29.5 Å². The second kappa shape index (κ2) is 8.30. The zero-order chi connectivity index (χ0) is 19.5. The van der Waals surface area contributed by atoms with Crippen molar-refractivity contribution < 1.29 is 27.8 Å². The predicted molar refractivity (Wildman–Crippen MR) is 94.8 cm³/mol. The van der Waals surface area contributed by atoms with Crippen molar-refractivity contribution >= 4 is 28.5 Å². The zero-order valence-electron chi connectivity index (χ0n) is 14.5. The highest BCUT2D eigenvalue weighted by molar-refractivity contribution is 8.15. The quantitative estimate of drug-likeness (QED) is 0.724. The Balaban J connectivity index is 2.42. The van der Waals surface area contributed by atoms with Gasteiger partial charge in [0.15, 0.2) is 5.17 Å². The molecule has 1 aromatic carbocycles. The number of amides is 1. The summed E-state index contributed by atoms with van der Waals surface area (Å²) in [6, 6.07) is 2.93. The number of amidine groups is 1. The van der Waals surface area contributed by atoms with Crippen LogP contribution in [-0.4, -0.2) is 34.7 Å². The normalized spacial score (nSPS) is 15.4. The third-order valence-corrected chi connectivity index (χ3v) is 5.05. The first kappa shape index (κ1) is 20.6. The molecule has 0 aromatic heterocycles. The lowest BCUT2D eigenvalue weighted by atomic mass is 9.91. The van der Waals surface area contributed by atoms with Crippen molar-refractivity contribution in [2.75, 3.05) is 17.3 Å². The fourth-order valence-electron chi connectivity index (χ4n) is 2.91. The van der Waals surface area contributed by atoms with Crippen molar-refractivity contribution in [2.45, 2.75) is 45.4 Å². The van der Waals surface area contributed by atoms with Crippen molar-refractivity contribution in [3.05, 3.63) is 23.3 Å². The summed E-state index contributed by atoms with van der Waals surface area (Å²) >= 11 is 1.03. The number of carbonyl (C=O) groups is 1. The van der Waals surface area contributed by atoms with Gasteiger partial charge < -0.3 is 9.84 Å². The van der Waals surface area contributed by atoms with E-state index in [4.69, 9.17) is 10.1 Å². The molecule has 26 heavy (non-hydrogen) atoms. The van der Waals surface area contributed by atoms with Gasteiger partial charge in [0.05, 0.1) is 18.0 Å². The molecule has 0 radical (unpaired) electrons. The molecule has 1 aromatic rings. The molecule has 1 aliphatic rings. The summed E-state index contributed by atoms with van der Waals surface area (Å²) in [5, 5.41) is 18.3. The van der Waals surface area contributed by atoms with Gasteiger partial charge in [0.2, 0.25) is 5.91 Å². The maximum absolute atomic E-state index is 12.4. The standard InChI is InChI=1S/C17H21F3N2O3S/c1-3-10(4-2)12-5-11(7-25-9-17(18,19)20)13(6-14(12)23)22-15(24)8-26-16(22)21/h5-6,10,21,23H,3-4,7-9H2,1-2H3. The van der Waals surface area contributed by atoms with Crippen LogP contribution in [0.5, 0.6) is 5.75 Å². The highest BCUT2D eigenvalue weighted by Gasteiger charge is 2.32. The van der Waals surface area contributed by atoms with Crippen LogP contribution in [0.25, 0.3) is 0 Å². The Morgan fingerprint density at radius 2 is 2.00 bits per heavy atom. The number of alkyl halides is 3. The minimum atomic E-state index is -4.46. The molecule has 1 heterocycles. The molecule has 0 unspecified atom stereocenters. The lowest BCUT2D eigenvalue weighted by Crippen LogP contribution is -2.30. The molecule has 2 N–H and O–H groups in total. The number of hydrogen-bond donors (Lipinski definition) is 2. The van der Waals surface area contributed by atoms with Crippen LogP contribution in [0, 0.1) is 5.41 Å². The van der Waals surface area contributed by atoms with Crippen LogP contribution >= 0.6 is 11.8 Å². The maximum Gasteiger partial charge on any atom is 0.411 e. The fourth-order valence-corrected chi connectivity index (χ4v) is 3.63. The summed E-state index contributed by atoms with van der Waals surface area (Å²) in [6.07, 6.45) is -2.96. The molecule has 5 nitrogen and oxygen atoms in total. The number of carbonyl (C=O) groups excluding carboxylic acids is 1. The number of rotatable bonds is 7. The molecule has 144 valence electrons. The lowest BCUT2D eigenvalue weighted by Gasteiger charge is -2.23. The SMILES string of the molecule is CCC(CC)c1cc(COCC(F)(F)F)c(N2C(=N)SCC2=O)cc1O. The van der Waals surface area contributed by atoms with Crippen molar-refractivity contribution in [1.29, 1.82) is 5.41 Å². The number of hydrogen-bond acceptors (Lipinski definition) is 5. The van der Waals surface area contributed by atoms with Crippen LogP contribution in [-0.2, 0) is 16.1 Å². The molecular weight excluding hydrogens is 369 g/mol. The van der Waals surface area contributed by atoms with Crippen LogP contribution in [0.1, 0.15) is 43.7 Å². The summed E-state index contributed by atoms with van der Waals surface area (Å²) in [4.78, 5) is 13.2. The molecule has 1 fully saturated rings. The van der Waals surface area contributed by atoms with Crippen molar-refractivity contribution in [3.8, 4) is 5.75 Å². The Morgan fingerprint density at radius 3 is 2.50 bits per heavy atom. The third kappa shape index (κ3) is 4.70. The number of nitrogens with one attached hydrogen (secondary N) is 1. The average molecular weight is 390 g/mol. The molecule has 1 aliphatic heterocycles. The average Bonchev–Trinajstić information content (AvgIpc) is 2.88. The fraction of sp³-hybridized carbons (Fsp3) is 0.529. The van der Waals surface area contributed by atoms with Crippen LogP contribution in [0.4, 0.5) is 18.9 Å². The minimum absolute atomic E-state index is 0.0262. The molecule has 0 aliphatic carbocycles. The number of nitrogens with zero attached hydrogens (tertiary/aromatic N) is 1. The van der Waals surface area contributed by atoms with E-state index >= 15 is 0 Å². The van der Waals surface area contributed by atoms with E-state index in [1.54, 1.807) is 6.07 Å². The summed E-state index contributed by atoms with van der Waals surface area (Å²) in [5.41, 5.74) is 1.14. The molecule has 2 rings (SSSR count). The van der Waals surface area contributed by atoms with Gasteiger partial charge in [0.25, 0.3) is 0 Å². The highest BCUT2D eigenvalue weighted by Crippen LogP contribution is 2.38. The molecule has 9 heteroatoms. The Bertz CT molecular complexity index is 675. The van der Waals surface area contributed by atoms with Gasteiger partial charge in [-0.25, -0.2) is 0 Å². The van der Waals surface area contributed by atoms with E-state index in [2.05, 4.69) is 0 Å². The molecule has 1 amide bonds. The molecule has 0 bridgehead atoms. The van der Waals surface area contributed by atoms with Crippen LogP contribution in [0.3, 0.4) is 0 Å². The minimum Gasteiger partial charge on any atom is -0.508 e. The predicted octanol–water partition coefficient (Wildman–Crippen LogP) is 4.39. The monoisotopic (exact) mass is 390 g/mol. The van der Waals surface area contributed by atoms with E-state index in [-0.39, 0.29) is 40.8 Å². The van der Waals surface area contributed by atoms with Gasteiger partial charge in [-0.3, -0.25) is 15.1 Å². The van der Waals surface area contributed by atoms with Gasteiger partial charge in [0, 0.05) is 11.6 Å². The first-order valence-corrected chi connectivity index (χ1v) is 9.21. The van der Waals surface area contributed by atoms with Crippen molar-refractivity contribution in [3.63, 3.8) is 0 Å². The van der Waals surface area contributed by atoms with Gasteiger partial charge in [-0.15, -0.1) is 0 Å². The van der Waals surface area contributed by atoms with E-state index in [1.807, 2.05) is 13.8 Å². The first-order valence-electron chi connectivity index (χ1n) is 8.22. The van der Waals surface area contributed by atoms with Crippen LogP contribution in [0.2, 0.25) is 0 Å². The number of thioether (sulfide) groups is 1. The third-order valence-electron chi connectivity index (χ3n) is 4.20. The van der Waals surface area contributed by atoms with E-state index in [0.29, 0.717) is 11.1 Å². The Kier molecular flexibility index (Phi) is 6.57. The number of aromatic hydroxyl groups is 1. The van der Waals surface area contributed by atoms with Crippen LogP contribution in [0.15, 0.2) is 12.1 Å². The molecule has 0 atom stereocenters. The maximum atomic E-state index is 12.4. The van der Waals surface area contributed by atoms with Gasteiger partial charge in [-0.05, 0) is 30.4 Å². The summed E-state index contributed by atoms with van der Waals surface area (Å²) in [5.74, 6) is -0.275. The first-order chi connectivity index (χ1) is 12.2. The van der Waals surface area contributed by atoms with Gasteiger partial charge in [0.1, 0.15) is 12.4 Å². The van der Waals surface area contributed by atoms with Gasteiger partial charge in [-0.1, -0.05) is 25.6 Å². The van der Waals surface area contributed by atoms with Crippen molar-refractivity contribution in [2.24, 2.45) is 0 Å². The lowest BCUT2D eigenvalue weighted by molar-refractivity contribution is -0.176. The van der Waals surface area contributed by atoms with E-state index in [9.17, 15) is 23.1 Å². The van der Waals surface area contributed by atoms with E-state index < -0.39 is 12.8 Å². The van der Waals surface area contributed by atoms with E-state index in [1.165, 1.54) is 6.07 Å². The second-order valence-electron chi connectivity index (χ2n) is 5.98. The second-order valence-corrected chi connectivity index (χ2v) is 6.95. The largest absolute Gasteiger partial charge is 0.508 e. The number of anilines is 1. The molecule has 0 spiro atoms. The van der Waals surface area contributed by atoms with Gasteiger partial charge in [-0.2, -0.15) is 13.2 Å². The highest BCUT2D eigenvalue weighted by atomic mass is 32.2. The number of ether oxygens (including phenoxy) is 1. The summed E-state index contributed by atoms with van der Waals surface area (Å²) < 4.78 is 42.0. The Morgan fingerprint density at radius 1 is 1.35 bits per heavy atom. The number of benzene rings is 1. The molecule has 0 saturated carbocycles. The molecule has 1 saturated heterocycles. The van der Waals surface area contributed by atoms with Crippen molar-refractivity contribution in [1.82, 2.24) is 0 Å². The van der Waals surface area contributed by atoms with Gasteiger partial charge >= 0.3 is 6.18 Å². The van der Waals surface area contributed by atoms with Crippen LogP contribution < -0.4 is 4.90 Å². The summed E-state index contributed by atoms with van der Waals surface area (Å²) in [7, 11) is 0.